The highest BCUT2D eigenvalue weighted by Gasteiger charge is 2.05. The second-order valence-electron chi connectivity index (χ2n) is 2.62. The van der Waals surface area contributed by atoms with Crippen molar-refractivity contribution in [3.05, 3.63) is 30.0 Å². The Kier molecular flexibility index (Phi) is 1.37. The maximum absolute atomic E-state index is 10.5. The summed E-state index contributed by atoms with van der Waals surface area (Å²) in [5, 5.41) is 0.902. The average molecular weight is 160 g/mol. The van der Waals surface area contributed by atoms with E-state index in [0.29, 0.717) is 11.4 Å². The number of benzene rings is 1. The van der Waals surface area contributed by atoms with Crippen LogP contribution >= 0.6 is 0 Å². The molecule has 3 heteroatoms. The van der Waals surface area contributed by atoms with Crippen molar-refractivity contribution in [3.63, 3.8) is 0 Å². The van der Waals surface area contributed by atoms with E-state index in [2.05, 4.69) is 4.98 Å². The van der Waals surface area contributed by atoms with Crippen LogP contribution in [0.25, 0.3) is 10.9 Å². The molecule has 60 valence electrons. The number of anilines is 1. The zero-order valence-corrected chi connectivity index (χ0v) is 6.37. The Bertz CT molecular complexity index is 431. The maximum Gasteiger partial charge on any atom is 0.168 e. The number of para-hydroxylation sites is 1. The van der Waals surface area contributed by atoms with Crippen LogP contribution in [0.3, 0.4) is 0 Å². The fourth-order valence-electron chi connectivity index (χ4n) is 1.28. The first kappa shape index (κ1) is 6.91. The monoisotopic (exact) mass is 160 g/mol. The number of H-pyrrole nitrogens is 1. The molecule has 0 fully saturated rings. The van der Waals surface area contributed by atoms with E-state index in [1.54, 1.807) is 0 Å². The van der Waals surface area contributed by atoms with Crippen molar-refractivity contribution < 1.29 is 4.79 Å². The minimum Gasteiger partial charge on any atom is -0.396 e. The molecule has 3 nitrogen and oxygen atoms in total. The van der Waals surface area contributed by atoms with E-state index in [-0.39, 0.29) is 0 Å². The number of nitrogens with one attached hydrogen (secondary N) is 1. The van der Waals surface area contributed by atoms with Gasteiger partial charge in [-0.05, 0) is 6.07 Å². The van der Waals surface area contributed by atoms with Gasteiger partial charge in [0, 0.05) is 10.9 Å². The van der Waals surface area contributed by atoms with Gasteiger partial charge in [-0.1, -0.05) is 18.2 Å². The van der Waals surface area contributed by atoms with E-state index in [0.717, 1.165) is 17.2 Å². The Morgan fingerprint density at radius 3 is 2.75 bits per heavy atom. The van der Waals surface area contributed by atoms with Crippen molar-refractivity contribution in [3.8, 4) is 0 Å². The Morgan fingerprint density at radius 1 is 1.33 bits per heavy atom. The zero-order valence-electron chi connectivity index (χ0n) is 6.37. The fourth-order valence-corrected chi connectivity index (χ4v) is 1.28. The summed E-state index contributed by atoms with van der Waals surface area (Å²) in [5.41, 5.74) is 7.57. The number of nitrogens with two attached hydrogens (primary N) is 1. The Hall–Kier alpha value is -1.77. The Morgan fingerprint density at radius 2 is 2.08 bits per heavy atom. The summed E-state index contributed by atoms with van der Waals surface area (Å²) in [6, 6.07) is 7.56. The van der Waals surface area contributed by atoms with Gasteiger partial charge in [-0.3, -0.25) is 4.79 Å². The highest BCUT2D eigenvalue weighted by molar-refractivity contribution is 6.00. The molecule has 0 unspecified atom stereocenters. The molecule has 1 aromatic heterocycles. The van der Waals surface area contributed by atoms with E-state index in [1.165, 1.54) is 0 Å². The van der Waals surface area contributed by atoms with Crippen LogP contribution in [0.4, 0.5) is 5.69 Å². The average Bonchev–Trinajstić information content (AvgIpc) is 2.44. The number of aromatic nitrogens is 1. The van der Waals surface area contributed by atoms with Crippen LogP contribution < -0.4 is 5.73 Å². The summed E-state index contributed by atoms with van der Waals surface area (Å²) in [5.74, 6) is 0. The Labute approximate surface area is 69.2 Å². The van der Waals surface area contributed by atoms with Crippen LogP contribution in [0.2, 0.25) is 0 Å². The molecule has 0 saturated carbocycles. The fraction of sp³-hybridized carbons (Fsp3) is 0. The molecule has 0 aliphatic carbocycles. The molecule has 12 heavy (non-hydrogen) atoms. The molecular formula is C9H8N2O. The standard InChI is InChI=1S/C9H8N2O/c10-9-6-3-1-2-4-7(6)11-8(9)5-12/h1-5,11H,10H2. The number of carbonyl (C=O) groups excluding carboxylic acids is 1. The number of hydrogen-bond donors (Lipinski definition) is 2. The van der Waals surface area contributed by atoms with E-state index in [4.69, 9.17) is 5.73 Å². The SMILES string of the molecule is Nc1c(C=O)[nH]c2ccccc12. The molecule has 2 aromatic rings. The van der Waals surface area contributed by atoms with E-state index >= 15 is 0 Å². The third-order valence-corrected chi connectivity index (χ3v) is 1.89. The first-order chi connectivity index (χ1) is 5.83. The molecular weight excluding hydrogens is 152 g/mol. The van der Waals surface area contributed by atoms with E-state index < -0.39 is 0 Å². The van der Waals surface area contributed by atoms with Crippen molar-refractivity contribution >= 4 is 22.9 Å². The van der Waals surface area contributed by atoms with Gasteiger partial charge in [0.1, 0.15) is 5.69 Å². The Balaban J connectivity index is 2.87. The summed E-state index contributed by atoms with van der Waals surface area (Å²) in [6.45, 7) is 0. The number of carbonyl (C=O) groups is 1. The van der Waals surface area contributed by atoms with Crippen molar-refractivity contribution in [2.24, 2.45) is 0 Å². The van der Waals surface area contributed by atoms with Gasteiger partial charge >= 0.3 is 0 Å². The van der Waals surface area contributed by atoms with Crippen LogP contribution in [-0.4, -0.2) is 11.3 Å². The van der Waals surface area contributed by atoms with Crippen LogP contribution in [0.1, 0.15) is 10.5 Å². The number of hydrogen-bond acceptors (Lipinski definition) is 2. The number of fused-ring (bicyclic) bond motifs is 1. The molecule has 0 radical (unpaired) electrons. The molecule has 0 aliphatic rings. The smallest absolute Gasteiger partial charge is 0.168 e. The molecule has 0 bridgehead atoms. The van der Waals surface area contributed by atoms with E-state index in [1.807, 2.05) is 24.3 Å². The number of aromatic amines is 1. The maximum atomic E-state index is 10.5. The van der Waals surface area contributed by atoms with Gasteiger partial charge in [0.2, 0.25) is 0 Å². The van der Waals surface area contributed by atoms with Gasteiger partial charge in [-0.15, -0.1) is 0 Å². The lowest BCUT2D eigenvalue weighted by molar-refractivity contribution is 0.112. The topological polar surface area (TPSA) is 58.9 Å². The second kappa shape index (κ2) is 2.37. The first-order valence-corrected chi connectivity index (χ1v) is 3.64. The largest absolute Gasteiger partial charge is 0.396 e. The molecule has 0 atom stereocenters. The summed E-state index contributed by atoms with van der Waals surface area (Å²) < 4.78 is 0. The van der Waals surface area contributed by atoms with Crippen LogP contribution in [-0.2, 0) is 0 Å². The van der Waals surface area contributed by atoms with Crippen molar-refractivity contribution in [2.75, 3.05) is 5.73 Å². The lowest BCUT2D eigenvalue weighted by atomic mass is 10.2. The molecule has 1 aromatic carbocycles. The third-order valence-electron chi connectivity index (χ3n) is 1.89. The summed E-state index contributed by atoms with van der Waals surface area (Å²) in [4.78, 5) is 13.4. The van der Waals surface area contributed by atoms with E-state index in [9.17, 15) is 4.79 Å². The van der Waals surface area contributed by atoms with Crippen LogP contribution in [0.15, 0.2) is 24.3 Å². The van der Waals surface area contributed by atoms with Gasteiger partial charge in [-0.25, -0.2) is 0 Å². The van der Waals surface area contributed by atoms with Gasteiger partial charge < -0.3 is 10.7 Å². The van der Waals surface area contributed by atoms with Crippen LogP contribution in [0.5, 0.6) is 0 Å². The summed E-state index contributed by atoms with van der Waals surface area (Å²) in [6.07, 6.45) is 0.731. The van der Waals surface area contributed by atoms with Crippen molar-refractivity contribution in [1.82, 2.24) is 4.98 Å². The molecule has 3 N–H and O–H groups in total. The molecule has 1 heterocycles. The minimum absolute atomic E-state index is 0.455. The quantitative estimate of drug-likeness (QED) is 0.622. The molecule has 0 spiro atoms. The van der Waals surface area contributed by atoms with Crippen molar-refractivity contribution in [2.45, 2.75) is 0 Å². The summed E-state index contributed by atoms with van der Waals surface area (Å²) >= 11 is 0. The van der Waals surface area contributed by atoms with Gasteiger partial charge in [0.25, 0.3) is 0 Å². The lowest BCUT2D eigenvalue weighted by Crippen LogP contribution is -1.88. The van der Waals surface area contributed by atoms with Crippen molar-refractivity contribution in [1.29, 1.82) is 0 Å². The predicted molar refractivity (Wildman–Crippen MR) is 48.1 cm³/mol. The third kappa shape index (κ3) is 0.797. The lowest BCUT2D eigenvalue weighted by Gasteiger charge is -1.87. The minimum atomic E-state index is 0.455. The molecule has 0 amide bonds. The first-order valence-electron chi connectivity index (χ1n) is 3.64. The molecule has 0 aliphatic heterocycles. The second-order valence-corrected chi connectivity index (χ2v) is 2.62. The predicted octanol–water partition coefficient (Wildman–Crippen LogP) is 1.56. The van der Waals surface area contributed by atoms with Gasteiger partial charge in [0.05, 0.1) is 5.69 Å². The summed E-state index contributed by atoms with van der Waals surface area (Å²) in [7, 11) is 0. The molecule has 0 saturated heterocycles. The highest BCUT2D eigenvalue weighted by atomic mass is 16.1. The number of aldehydes is 1. The number of rotatable bonds is 1. The molecule has 2 rings (SSSR count). The number of nitrogen functional groups attached to an aromatic ring is 1. The zero-order chi connectivity index (χ0) is 8.55. The van der Waals surface area contributed by atoms with Gasteiger partial charge in [-0.2, -0.15) is 0 Å². The van der Waals surface area contributed by atoms with Crippen LogP contribution in [0, 0.1) is 0 Å². The normalized spacial score (nSPS) is 10.3. The van der Waals surface area contributed by atoms with Gasteiger partial charge in [0.15, 0.2) is 6.29 Å². The highest BCUT2D eigenvalue weighted by Crippen LogP contribution is 2.22.